The lowest BCUT2D eigenvalue weighted by Crippen LogP contribution is -2.39. The molecule has 0 aromatic heterocycles. The van der Waals surface area contributed by atoms with Gasteiger partial charge >= 0.3 is 0 Å². The topological polar surface area (TPSA) is 29.3 Å². The monoisotopic (exact) mass is 300 g/mol. The van der Waals surface area contributed by atoms with Gasteiger partial charge in [-0.3, -0.25) is 0 Å². The number of piperidine rings is 1. The smallest absolute Gasteiger partial charge is 0.0640 e. The van der Waals surface area contributed by atoms with Crippen molar-refractivity contribution in [2.24, 2.45) is 5.73 Å². The van der Waals surface area contributed by atoms with E-state index in [1.54, 1.807) is 6.07 Å². The molecule has 0 radical (unpaired) electrons. The zero-order valence-corrected chi connectivity index (χ0v) is 12.9. The number of halogens is 2. The van der Waals surface area contributed by atoms with E-state index in [1.165, 1.54) is 25.8 Å². The first kappa shape index (κ1) is 15.1. The lowest BCUT2D eigenvalue weighted by atomic mass is 10.0. The average molecular weight is 301 g/mol. The average Bonchev–Trinajstić information content (AvgIpc) is 2.40. The number of rotatable bonds is 4. The van der Waals surface area contributed by atoms with E-state index >= 15 is 0 Å². The van der Waals surface area contributed by atoms with Gasteiger partial charge in [-0.15, -0.1) is 0 Å². The van der Waals surface area contributed by atoms with Crippen molar-refractivity contribution in [3.05, 3.63) is 33.8 Å². The van der Waals surface area contributed by atoms with Crippen LogP contribution in [0.25, 0.3) is 0 Å². The Bertz CT molecular complexity index is 423. The molecule has 19 heavy (non-hydrogen) atoms. The van der Waals surface area contributed by atoms with Crippen molar-refractivity contribution in [1.29, 1.82) is 0 Å². The van der Waals surface area contributed by atoms with Gasteiger partial charge < -0.3 is 10.6 Å². The van der Waals surface area contributed by atoms with Gasteiger partial charge in [0.25, 0.3) is 0 Å². The Morgan fingerprint density at radius 2 is 2.16 bits per heavy atom. The third-order valence-corrected chi connectivity index (χ3v) is 4.88. The van der Waals surface area contributed by atoms with Gasteiger partial charge in [0.1, 0.15) is 0 Å². The fourth-order valence-electron chi connectivity index (χ4n) is 2.76. The first-order chi connectivity index (χ1) is 9.09. The van der Waals surface area contributed by atoms with Crippen molar-refractivity contribution in [2.75, 3.05) is 13.1 Å². The van der Waals surface area contributed by atoms with E-state index in [9.17, 15) is 0 Å². The highest BCUT2D eigenvalue weighted by atomic mass is 35.5. The zero-order valence-electron chi connectivity index (χ0n) is 11.4. The fourth-order valence-corrected chi connectivity index (χ4v) is 3.21. The Hall–Kier alpha value is -0.280. The number of likely N-dealkylation sites (tertiary alicyclic amines) is 1. The first-order valence-electron chi connectivity index (χ1n) is 7.03. The normalized spacial score (nSPS) is 22.4. The van der Waals surface area contributed by atoms with E-state index in [0.717, 1.165) is 18.5 Å². The standard InChI is InChI=1S/C15H22Cl2N2/c1-11-5-2-3-9-19(11)10-8-14(18)12-6-4-7-13(16)15(12)17/h4,6-7,11,14H,2-3,5,8-10,18H2,1H3. The molecule has 106 valence electrons. The lowest BCUT2D eigenvalue weighted by molar-refractivity contribution is 0.155. The molecule has 1 heterocycles. The van der Waals surface area contributed by atoms with Crippen LogP contribution in [0.4, 0.5) is 0 Å². The van der Waals surface area contributed by atoms with Crippen LogP contribution in [0.1, 0.15) is 44.2 Å². The molecule has 1 fully saturated rings. The molecular formula is C15H22Cl2N2. The van der Waals surface area contributed by atoms with Crippen LogP contribution in [-0.2, 0) is 0 Å². The summed E-state index contributed by atoms with van der Waals surface area (Å²) in [5, 5.41) is 1.18. The fraction of sp³-hybridized carbons (Fsp3) is 0.600. The van der Waals surface area contributed by atoms with E-state index in [2.05, 4.69) is 11.8 Å². The van der Waals surface area contributed by atoms with Gasteiger partial charge in [-0.05, 0) is 44.4 Å². The number of hydrogen-bond donors (Lipinski definition) is 1. The van der Waals surface area contributed by atoms with E-state index in [1.807, 2.05) is 12.1 Å². The lowest BCUT2D eigenvalue weighted by Gasteiger charge is -2.34. The van der Waals surface area contributed by atoms with Gasteiger partial charge in [-0.2, -0.15) is 0 Å². The maximum atomic E-state index is 6.26. The van der Waals surface area contributed by atoms with E-state index < -0.39 is 0 Å². The number of benzene rings is 1. The van der Waals surface area contributed by atoms with Gasteiger partial charge in [-0.25, -0.2) is 0 Å². The summed E-state index contributed by atoms with van der Waals surface area (Å²) in [5.74, 6) is 0. The highest BCUT2D eigenvalue weighted by Gasteiger charge is 2.19. The molecule has 2 unspecified atom stereocenters. The van der Waals surface area contributed by atoms with E-state index in [-0.39, 0.29) is 6.04 Å². The van der Waals surface area contributed by atoms with Crippen LogP contribution in [0.15, 0.2) is 18.2 Å². The largest absolute Gasteiger partial charge is 0.324 e. The minimum absolute atomic E-state index is 0.0414. The van der Waals surface area contributed by atoms with Crippen LogP contribution in [0.5, 0.6) is 0 Å². The second-order valence-corrected chi connectivity index (χ2v) is 6.20. The second kappa shape index (κ2) is 6.94. The van der Waals surface area contributed by atoms with E-state index in [0.29, 0.717) is 16.1 Å². The summed E-state index contributed by atoms with van der Waals surface area (Å²) in [6, 6.07) is 6.31. The zero-order chi connectivity index (χ0) is 13.8. The Morgan fingerprint density at radius 3 is 2.89 bits per heavy atom. The second-order valence-electron chi connectivity index (χ2n) is 5.42. The van der Waals surface area contributed by atoms with Gasteiger partial charge in [0, 0.05) is 18.6 Å². The molecule has 0 bridgehead atoms. The molecule has 1 aromatic carbocycles. The summed E-state index contributed by atoms with van der Waals surface area (Å²) in [5.41, 5.74) is 7.21. The number of nitrogens with two attached hydrogens (primary N) is 1. The van der Waals surface area contributed by atoms with Gasteiger partial charge in [0.2, 0.25) is 0 Å². The highest BCUT2D eigenvalue weighted by Crippen LogP contribution is 2.30. The first-order valence-corrected chi connectivity index (χ1v) is 7.78. The predicted molar refractivity (Wildman–Crippen MR) is 82.9 cm³/mol. The van der Waals surface area contributed by atoms with Gasteiger partial charge in [0.15, 0.2) is 0 Å². The Morgan fingerprint density at radius 1 is 1.37 bits per heavy atom. The highest BCUT2D eigenvalue weighted by molar-refractivity contribution is 6.42. The van der Waals surface area contributed by atoms with Crippen molar-refractivity contribution in [1.82, 2.24) is 4.90 Å². The van der Waals surface area contributed by atoms with E-state index in [4.69, 9.17) is 28.9 Å². The SMILES string of the molecule is CC1CCCCN1CCC(N)c1cccc(Cl)c1Cl. The molecule has 4 heteroatoms. The summed E-state index contributed by atoms with van der Waals surface area (Å²) in [6.07, 6.45) is 4.87. The van der Waals surface area contributed by atoms with Crippen LogP contribution in [0, 0.1) is 0 Å². The minimum atomic E-state index is -0.0414. The molecule has 2 nitrogen and oxygen atoms in total. The molecule has 2 rings (SSSR count). The van der Waals surface area contributed by atoms with Crippen molar-refractivity contribution in [2.45, 2.75) is 44.7 Å². The molecule has 1 aliphatic heterocycles. The molecular weight excluding hydrogens is 279 g/mol. The molecule has 1 saturated heterocycles. The van der Waals surface area contributed by atoms with Crippen molar-refractivity contribution >= 4 is 23.2 Å². The third kappa shape index (κ3) is 3.85. The summed E-state index contributed by atoms with van der Waals surface area (Å²) in [4.78, 5) is 2.53. The summed E-state index contributed by atoms with van der Waals surface area (Å²) in [7, 11) is 0. The molecule has 1 aliphatic rings. The molecule has 0 aliphatic carbocycles. The molecule has 0 spiro atoms. The molecule has 1 aromatic rings. The quantitative estimate of drug-likeness (QED) is 0.900. The maximum Gasteiger partial charge on any atom is 0.0640 e. The van der Waals surface area contributed by atoms with Gasteiger partial charge in [0.05, 0.1) is 10.0 Å². The number of nitrogens with zero attached hydrogens (tertiary/aromatic N) is 1. The Labute approximate surface area is 125 Å². The maximum absolute atomic E-state index is 6.26. The van der Waals surface area contributed by atoms with Crippen LogP contribution in [0.2, 0.25) is 10.0 Å². The van der Waals surface area contributed by atoms with Crippen molar-refractivity contribution in [3.63, 3.8) is 0 Å². The predicted octanol–water partition coefficient (Wildman–Crippen LogP) is 4.26. The van der Waals surface area contributed by atoms with Crippen molar-refractivity contribution in [3.8, 4) is 0 Å². The number of hydrogen-bond acceptors (Lipinski definition) is 2. The van der Waals surface area contributed by atoms with Crippen LogP contribution < -0.4 is 5.73 Å². The summed E-state index contributed by atoms with van der Waals surface area (Å²) in [6.45, 7) is 4.53. The van der Waals surface area contributed by atoms with Crippen LogP contribution in [-0.4, -0.2) is 24.0 Å². The molecule has 2 atom stereocenters. The van der Waals surface area contributed by atoms with Crippen LogP contribution in [0.3, 0.4) is 0 Å². The Kier molecular flexibility index (Phi) is 5.52. The molecule has 2 N–H and O–H groups in total. The molecule has 0 amide bonds. The summed E-state index contributed by atoms with van der Waals surface area (Å²) >= 11 is 12.2. The summed E-state index contributed by atoms with van der Waals surface area (Å²) < 4.78 is 0. The van der Waals surface area contributed by atoms with Crippen molar-refractivity contribution < 1.29 is 0 Å². The molecule has 0 saturated carbocycles. The third-order valence-electron chi connectivity index (χ3n) is 4.05. The van der Waals surface area contributed by atoms with Gasteiger partial charge in [-0.1, -0.05) is 41.8 Å². The minimum Gasteiger partial charge on any atom is -0.324 e. The Balaban J connectivity index is 1.93. The van der Waals surface area contributed by atoms with Crippen LogP contribution >= 0.6 is 23.2 Å².